The molecule has 8 heteroatoms. The smallest absolute Gasteiger partial charge is 0.311 e. The molecule has 0 aromatic carbocycles. The molecule has 8 nitrogen and oxygen atoms in total. The zero-order valence-electron chi connectivity index (χ0n) is 12.8. The van der Waals surface area contributed by atoms with Crippen LogP contribution in [0.2, 0.25) is 0 Å². The summed E-state index contributed by atoms with van der Waals surface area (Å²) in [7, 11) is 0. The van der Waals surface area contributed by atoms with E-state index in [1.807, 2.05) is 0 Å². The first-order valence-electron chi connectivity index (χ1n) is 7.36. The molecular formula is C15H20N2O6. The summed E-state index contributed by atoms with van der Waals surface area (Å²) in [6.07, 6.45) is 3.33. The minimum absolute atomic E-state index is 0.0104. The summed E-state index contributed by atoms with van der Waals surface area (Å²) in [6, 6.07) is 0.699. The van der Waals surface area contributed by atoms with Crippen LogP contribution in [0, 0.1) is 5.41 Å². The van der Waals surface area contributed by atoms with Gasteiger partial charge in [0.2, 0.25) is 5.91 Å². The number of rotatable bonds is 6. The Bertz CT molecular complexity index is 563. The normalized spacial score (nSPS) is 18.0. The van der Waals surface area contributed by atoms with Gasteiger partial charge in [-0.1, -0.05) is 0 Å². The first kappa shape index (κ1) is 17.0. The van der Waals surface area contributed by atoms with Crippen LogP contribution in [0.25, 0.3) is 0 Å². The second-order valence-corrected chi connectivity index (χ2v) is 5.62. The van der Waals surface area contributed by atoms with Crippen molar-refractivity contribution in [3.63, 3.8) is 0 Å². The van der Waals surface area contributed by atoms with Crippen LogP contribution in [0.5, 0.6) is 0 Å². The highest BCUT2D eigenvalue weighted by atomic mass is 16.5. The maximum Gasteiger partial charge on any atom is 0.311 e. The van der Waals surface area contributed by atoms with Gasteiger partial charge in [-0.25, -0.2) is 0 Å². The lowest BCUT2D eigenvalue weighted by Crippen LogP contribution is -2.51. The number of carboxylic acids is 1. The highest BCUT2D eigenvalue weighted by Gasteiger charge is 2.40. The van der Waals surface area contributed by atoms with Gasteiger partial charge in [-0.05, 0) is 25.8 Å². The van der Waals surface area contributed by atoms with E-state index < -0.39 is 29.2 Å². The van der Waals surface area contributed by atoms with Crippen molar-refractivity contribution in [2.75, 3.05) is 19.8 Å². The van der Waals surface area contributed by atoms with E-state index in [1.165, 1.54) is 25.5 Å². The molecule has 2 amide bonds. The van der Waals surface area contributed by atoms with Crippen LogP contribution in [0.15, 0.2) is 23.0 Å². The van der Waals surface area contributed by atoms with Gasteiger partial charge in [-0.15, -0.1) is 0 Å². The predicted molar refractivity (Wildman–Crippen MR) is 78.8 cm³/mol. The molecule has 1 aromatic heterocycles. The van der Waals surface area contributed by atoms with Crippen molar-refractivity contribution in [3.8, 4) is 0 Å². The summed E-state index contributed by atoms with van der Waals surface area (Å²) in [5, 5.41) is 14.6. The Hall–Kier alpha value is -2.35. The number of carboxylic acid groups (broad SMARTS) is 1. The summed E-state index contributed by atoms with van der Waals surface area (Å²) in [5.74, 6) is -1.81. The lowest BCUT2D eigenvalue weighted by Gasteiger charge is -2.33. The van der Waals surface area contributed by atoms with Crippen LogP contribution >= 0.6 is 0 Å². The van der Waals surface area contributed by atoms with E-state index in [0.29, 0.717) is 31.6 Å². The lowest BCUT2D eigenvalue weighted by atomic mass is 9.80. The molecule has 126 valence electrons. The highest BCUT2D eigenvalue weighted by Crippen LogP contribution is 2.30. The van der Waals surface area contributed by atoms with Crippen LogP contribution < -0.4 is 10.6 Å². The van der Waals surface area contributed by atoms with Crippen molar-refractivity contribution < 1.29 is 28.6 Å². The third-order valence-electron chi connectivity index (χ3n) is 4.03. The molecule has 1 unspecified atom stereocenters. The van der Waals surface area contributed by atoms with E-state index >= 15 is 0 Å². The number of amides is 2. The minimum atomic E-state index is -1.01. The fourth-order valence-electron chi connectivity index (χ4n) is 2.38. The molecule has 0 radical (unpaired) electrons. The van der Waals surface area contributed by atoms with Crippen molar-refractivity contribution in [2.24, 2.45) is 5.41 Å². The maximum atomic E-state index is 12.1. The van der Waals surface area contributed by atoms with Crippen LogP contribution in [0.4, 0.5) is 0 Å². The monoisotopic (exact) mass is 324 g/mol. The van der Waals surface area contributed by atoms with Gasteiger partial charge < -0.3 is 24.9 Å². The van der Waals surface area contributed by atoms with Gasteiger partial charge >= 0.3 is 5.97 Å². The molecule has 0 saturated carbocycles. The number of ether oxygens (including phenoxy) is 1. The third kappa shape index (κ3) is 4.10. The molecule has 2 rings (SSSR count). The molecule has 1 atom stereocenters. The Kier molecular flexibility index (Phi) is 5.38. The van der Waals surface area contributed by atoms with Gasteiger partial charge in [0, 0.05) is 19.8 Å². The molecule has 1 saturated heterocycles. The number of furan rings is 1. The Labute approximate surface area is 133 Å². The van der Waals surface area contributed by atoms with Crippen molar-refractivity contribution in [1.82, 2.24) is 10.6 Å². The van der Waals surface area contributed by atoms with E-state index in [4.69, 9.17) is 9.15 Å². The van der Waals surface area contributed by atoms with Crippen LogP contribution in [-0.4, -0.2) is 48.7 Å². The molecular weight excluding hydrogens is 304 g/mol. The summed E-state index contributed by atoms with van der Waals surface area (Å²) in [5.41, 5.74) is -0.696. The van der Waals surface area contributed by atoms with Gasteiger partial charge in [-0.2, -0.15) is 0 Å². The van der Waals surface area contributed by atoms with Crippen molar-refractivity contribution in [2.45, 2.75) is 25.8 Å². The fraction of sp³-hybridized carbons (Fsp3) is 0.533. The molecule has 1 aromatic rings. The molecule has 1 aliphatic heterocycles. The number of nitrogens with one attached hydrogen (secondary N) is 2. The first-order valence-corrected chi connectivity index (χ1v) is 7.36. The molecule has 3 N–H and O–H groups in total. The van der Waals surface area contributed by atoms with Gasteiger partial charge in [0.1, 0.15) is 12.3 Å². The van der Waals surface area contributed by atoms with Crippen LogP contribution in [-0.2, 0) is 14.3 Å². The summed E-state index contributed by atoms with van der Waals surface area (Å²) < 4.78 is 9.99. The van der Waals surface area contributed by atoms with Crippen molar-refractivity contribution >= 4 is 17.8 Å². The topological polar surface area (TPSA) is 118 Å². The predicted octanol–water partition coefficient (Wildman–Crippen LogP) is 0.395. The molecule has 1 fully saturated rings. The van der Waals surface area contributed by atoms with Gasteiger partial charge in [0.25, 0.3) is 5.91 Å². The number of hydrogen-bond acceptors (Lipinski definition) is 5. The zero-order valence-corrected chi connectivity index (χ0v) is 12.8. The fourth-order valence-corrected chi connectivity index (χ4v) is 2.38. The average molecular weight is 324 g/mol. The Morgan fingerprint density at radius 1 is 1.35 bits per heavy atom. The number of carbonyl (C=O) groups excluding carboxylic acids is 2. The molecule has 1 aliphatic rings. The summed E-state index contributed by atoms with van der Waals surface area (Å²) in [6.45, 7) is 2.26. The molecule has 23 heavy (non-hydrogen) atoms. The minimum Gasteiger partial charge on any atom is -0.481 e. The van der Waals surface area contributed by atoms with E-state index in [2.05, 4.69) is 10.6 Å². The van der Waals surface area contributed by atoms with E-state index in [9.17, 15) is 19.5 Å². The standard InChI is InChI=1S/C15H20N2O6/c1-10(17-13(19)11-2-5-23-8-11)12(18)16-9-15(14(20)21)3-6-22-7-4-15/h2,5,8,10H,3-4,6-7,9H2,1H3,(H,16,18)(H,17,19)(H,20,21). The van der Waals surface area contributed by atoms with Crippen LogP contribution in [0.1, 0.15) is 30.1 Å². The van der Waals surface area contributed by atoms with Crippen LogP contribution in [0.3, 0.4) is 0 Å². The first-order chi connectivity index (χ1) is 10.9. The molecule has 0 bridgehead atoms. The largest absolute Gasteiger partial charge is 0.481 e. The van der Waals surface area contributed by atoms with Gasteiger partial charge in [0.15, 0.2) is 0 Å². The average Bonchev–Trinajstić information content (AvgIpc) is 3.07. The van der Waals surface area contributed by atoms with Gasteiger partial charge in [-0.3, -0.25) is 14.4 Å². The zero-order chi connectivity index (χ0) is 16.9. The van der Waals surface area contributed by atoms with Gasteiger partial charge in [0.05, 0.1) is 17.2 Å². The number of hydrogen-bond donors (Lipinski definition) is 3. The molecule has 0 spiro atoms. The second kappa shape index (κ2) is 7.28. The lowest BCUT2D eigenvalue weighted by molar-refractivity contribution is -0.154. The summed E-state index contributed by atoms with van der Waals surface area (Å²) >= 11 is 0. The van der Waals surface area contributed by atoms with E-state index in [0.717, 1.165) is 0 Å². The summed E-state index contributed by atoms with van der Waals surface area (Å²) in [4.78, 5) is 35.4. The Balaban J connectivity index is 1.87. The van der Waals surface area contributed by atoms with E-state index in [-0.39, 0.29) is 6.54 Å². The van der Waals surface area contributed by atoms with E-state index in [1.54, 1.807) is 0 Å². The molecule has 2 heterocycles. The Morgan fingerprint density at radius 2 is 2.04 bits per heavy atom. The quantitative estimate of drug-likeness (QED) is 0.697. The maximum absolute atomic E-state index is 12.1. The Morgan fingerprint density at radius 3 is 2.61 bits per heavy atom. The second-order valence-electron chi connectivity index (χ2n) is 5.62. The molecule has 0 aliphatic carbocycles. The van der Waals surface area contributed by atoms with Crippen molar-refractivity contribution in [1.29, 1.82) is 0 Å². The SMILES string of the molecule is CC(NC(=O)c1ccoc1)C(=O)NCC1(C(=O)O)CCOCC1. The number of carbonyl (C=O) groups is 3. The highest BCUT2D eigenvalue weighted by molar-refractivity contribution is 5.97. The third-order valence-corrected chi connectivity index (χ3v) is 4.03. The van der Waals surface area contributed by atoms with Crippen molar-refractivity contribution in [3.05, 3.63) is 24.2 Å². The number of aliphatic carboxylic acids is 1.